The fourth-order valence-corrected chi connectivity index (χ4v) is 1.67. The van der Waals surface area contributed by atoms with Crippen LogP contribution in [0.5, 0.6) is 0 Å². The molecule has 0 saturated carbocycles. The number of carboxylic acid groups (broad SMARTS) is 1. The molecule has 1 aromatic rings. The van der Waals surface area contributed by atoms with Crippen molar-refractivity contribution in [3.05, 3.63) is 23.7 Å². The van der Waals surface area contributed by atoms with Gasteiger partial charge in [0, 0.05) is 18.4 Å². The molecular weight excluding hydrogens is 234 g/mol. The van der Waals surface area contributed by atoms with Crippen LogP contribution in [0.2, 0.25) is 0 Å². The second kappa shape index (κ2) is 5.71. The zero-order valence-electron chi connectivity index (χ0n) is 10.9. The van der Waals surface area contributed by atoms with E-state index in [2.05, 4.69) is 5.32 Å². The van der Waals surface area contributed by atoms with Crippen LogP contribution >= 0.6 is 0 Å². The highest BCUT2D eigenvalue weighted by molar-refractivity contribution is 5.95. The van der Waals surface area contributed by atoms with E-state index in [-0.39, 0.29) is 12.3 Å². The summed E-state index contributed by atoms with van der Waals surface area (Å²) in [6.07, 6.45) is 2.54. The van der Waals surface area contributed by atoms with E-state index >= 15 is 0 Å². The van der Waals surface area contributed by atoms with Crippen molar-refractivity contribution in [2.45, 2.75) is 45.6 Å². The lowest BCUT2D eigenvalue weighted by atomic mass is 9.97. The highest BCUT2D eigenvalue weighted by atomic mass is 16.4. The Balaban J connectivity index is 2.66. The van der Waals surface area contributed by atoms with Gasteiger partial charge in [-0.25, -0.2) is 0 Å². The van der Waals surface area contributed by atoms with Crippen molar-refractivity contribution in [1.29, 1.82) is 0 Å². The lowest BCUT2D eigenvalue weighted by Crippen LogP contribution is -2.43. The first-order valence-electron chi connectivity index (χ1n) is 5.96. The molecule has 1 rings (SSSR count). The number of aryl methyl sites for hydroxylation is 1. The van der Waals surface area contributed by atoms with E-state index < -0.39 is 11.5 Å². The molecule has 0 aliphatic heterocycles. The molecule has 18 heavy (non-hydrogen) atoms. The number of nitrogens with one attached hydrogen (secondary N) is 1. The molecule has 0 saturated heterocycles. The fraction of sp³-hybridized carbons (Fsp3) is 0.538. The van der Waals surface area contributed by atoms with Crippen molar-refractivity contribution in [3.63, 3.8) is 0 Å². The van der Waals surface area contributed by atoms with Crippen LogP contribution < -0.4 is 5.32 Å². The topological polar surface area (TPSA) is 79.5 Å². The highest BCUT2D eigenvalue weighted by Crippen LogP contribution is 2.16. The molecule has 1 heterocycles. The van der Waals surface area contributed by atoms with Crippen molar-refractivity contribution in [2.24, 2.45) is 0 Å². The van der Waals surface area contributed by atoms with Gasteiger partial charge in [0.25, 0.3) is 5.91 Å². The molecule has 1 amide bonds. The number of amides is 1. The van der Waals surface area contributed by atoms with Crippen LogP contribution in [0.15, 0.2) is 16.7 Å². The maximum absolute atomic E-state index is 12.0. The molecule has 1 aromatic heterocycles. The number of hydrogen-bond acceptors (Lipinski definition) is 3. The minimum Gasteiger partial charge on any atom is -0.481 e. The number of hydrogen-bond donors (Lipinski definition) is 2. The second-order valence-corrected chi connectivity index (χ2v) is 4.84. The molecule has 0 bridgehead atoms. The van der Waals surface area contributed by atoms with E-state index in [0.717, 1.165) is 0 Å². The molecule has 100 valence electrons. The highest BCUT2D eigenvalue weighted by Gasteiger charge is 2.24. The van der Waals surface area contributed by atoms with Crippen LogP contribution in [-0.2, 0) is 11.2 Å². The first-order valence-corrected chi connectivity index (χ1v) is 5.96. The summed E-state index contributed by atoms with van der Waals surface area (Å²) >= 11 is 0. The van der Waals surface area contributed by atoms with Gasteiger partial charge < -0.3 is 14.8 Å². The van der Waals surface area contributed by atoms with Gasteiger partial charge in [0.2, 0.25) is 0 Å². The molecule has 5 heteroatoms. The molecule has 0 aliphatic rings. The summed E-state index contributed by atoms with van der Waals surface area (Å²) in [4.78, 5) is 22.6. The maximum atomic E-state index is 12.0. The summed E-state index contributed by atoms with van der Waals surface area (Å²) in [6.45, 7) is 5.52. The zero-order chi connectivity index (χ0) is 13.8. The van der Waals surface area contributed by atoms with Crippen molar-refractivity contribution in [1.82, 2.24) is 5.32 Å². The van der Waals surface area contributed by atoms with Crippen molar-refractivity contribution >= 4 is 11.9 Å². The fourth-order valence-electron chi connectivity index (χ4n) is 1.67. The van der Waals surface area contributed by atoms with Gasteiger partial charge in [-0.05, 0) is 26.3 Å². The Hall–Kier alpha value is -1.78. The number of carbonyl (C=O) groups is 2. The Kier molecular flexibility index (Phi) is 4.53. The SMILES string of the molecule is CCc1occc1C(=O)NC(C)(C)CCC(=O)O. The molecule has 0 spiro atoms. The Bertz CT molecular complexity index is 434. The largest absolute Gasteiger partial charge is 0.481 e. The Morgan fingerprint density at radius 1 is 1.44 bits per heavy atom. The Morgan fingerprint density at radius 3 is 2.67 bits per heavy atom. The predicted octanol–water partition coefficient (Wildman–Crippen LogP) is 2.22. The van der Waals surface area contributed by atoms with Gasteiger partial charge in [0.05, 0.1) is 11.8 Å². The maximum Gasteiger partial charge on any atom is 0.303 e. The molecule has 0 aliphatic carbocycles. The van der Waals surface area contributed by atoms with E-state index in [1.54, 1.807) is 19.9 Å². The predicted molar refractivity (Wildman–Crippen MR) is 66.5 cm³/mol. The van der Waals surface area contributed by atoms with Gasteiger partial charge in [-0.3, -0.25) is 9.59 Å². The van der Waals surface area contributed by atoms with Crippen LogP contribution in [0.4, 0.5) is 0 Å². The van der Waals surface area contributed by atoms with Crippen molar-refractivity contribution in [2.75, 3.05) is 0 Å². The lowest BCUT2D eigenvalue weighted by Gasteiger charge is -2.25. The number of rotatable bonds is 6. The molecule has 0 radical (unpaired) electrons. The average Bonchev–Trinajstić information content (AvgIpc) is 2.74. The van der Waals surface area contributed by atoms with Crippen LogP contribution in [0, 0.1) is 0 Å². The van der Waals surface area contributed by atoms with E-state index in [9.17, 15) is 9.59 Å². The van der Waals surface area contributed by atoms with Crippen LogP contribution in [0.1, 0.15) is 49.7 Å². The first kappa shape index (κ1) is 14.3. The van der Waals surface area contributed by atoms with Crippen LogP contribution in [0.25, 0.3) is 0 Å². The normalized spacial score (nSPS) is 11.3. The third kappa shape index (κ3) is 3.91. The number of aliphatic carboxylic acids is 1. The standard InChI is InChI=1S/C13H19NO4/c1-4-10-9(6-8-18-10)12(17)14-13(2,3)7-5-11(15)16/h6,8H,4-5,7H2,1-3H3,(H,14,17)(H,15,16). The summed E-state index contributed by atoms with van der Waals surface area (Å²) in [5, 5.41) is 11.5. The second-order valence-electron chi connectivity index (χ2n) is 4.84. The molecule has 2 N–H and O–H groups in total. The molecule has 0 aromatic carbocycles. The van der Waals surface area contributed by atoms with Gasteiger partial charge in [0.1, 0.15) is 5.76 Å². The third-order valence-corrected chi connectivity index (χ3v) is 2.73. The van der Waals surface area contributed by atoms with Gasteiger partial charge >= 0.3 is 5.97 Å². The van der Waals surface area contributed by atoms with Crippen LogP contribution in [0.3, 0.4) is 0 Å². The van der Waals surface area contributed by atoms with Gasteiger partial charge in [-0.15, -0.1) is 0 Å². The number of carbonyl (C=O) groups excluding carboxylic acids is 1. The molecule has 0 atom stereocenters. The summed E-state index contributed by atoms with van der Waals surface area (Å²) in [6, 6.07) is 1.63. The molecule has 0 unspecified atom stereocenters. The van der Waals surface area contributed by atoms with E-state index in [1.165, 1.54) is 6.26 Å². The lowest BCUT2D eigenvalue weighted by molar-refractivity contribution is -0.137. The molecule has 5 nitrogen and oxygen atoms in total. The van der Waals surface area contributed by atoms with Gasteiger partial charge in [-0.2, -0.15) is 0 Å². The Morgan fingerprint density at radius 2 is 2.11 bits per heavy atom. The van der Waals surface area contributed by atoms with E-state index in [0.29, 0.717) is 24.2 Å². The number of carboxylic acids is 1. The van der Waals surface area contributed by atoms with Gasteiger partial charge in [-0.1, -0.05) is 6.92 Å². The van der Waals surface area contributed by atoms with Crippen LogP contribution in [-0.4, -0.2) is 22.5 Å². The third-order valence-electron chi connectivity index (χ3n) is 2.73. The molecular formula is C13H19NO4. The van der Waals surface area contributed by atoms with Crippen molar-refractivity contribution < 1.29 is 19.1 Å². The van der Waals surface area contributed by atoms with E-state index in [4.69, 9.17) is 9.52 Å². The summed E-state index contributed by atoms with van der Waals surface area (Å²) in [5.41, 5.74) is -0.0431. The first-order chi connectivity index (χ1) is 8.35. The molecule has 0 fully saturated rings. The summed E-state index contributed by atoms with van der Waals surface area (Å²) < 4.78 is 5.19. The zero-order valence-corrected chi connectivity index (χ0v) is 10.9. The quantitative estimate of drug-likeness (QED) is 0.814. The van der Waals surface area contributed by atoms with Gasteiger partial charge in [0.15, 0.2) is 0 Å². The smallest absolute Gasteiger partial charge is 0.303 e. The number of furan rings is 1. The minimum atomic E-state index is -0.866. The summed E-state index contributed by atoms with van der Waals surface area (Å²) in [5.74, 6) is -0.451. The minimum absolute atomic E-state index is 0.0271. The monoisotopic (exact) mass is 253 g/mol. The average molecular weight is 253 g/mol. The van der Waals surface area contributed by atoms with Crippen molar-refractivity contribution in [3.8, 4) is 0 Å². The van der Waals surface area contributed by atoms with E-state index in [1.807, 2.05) is 6.92 Å². The summed E-state index contributed by atoms with van der Waals surface area (Å²) in [7, 11) is 0. The Labute approximate surface area is 106 Å².